The van der Waals surface area contributed by atoms with E-state index in [-0.39, 0.29) is 17.9 Å². The minimum atomic E-state index is -4.53. The molecule has 3 nitrogen and oxygen atoms in total. The van der Waals surface area contributed by atoms with Crippen LogP contribution in [0.15, 0.2) is 42.5 Å². The van der Waals surface area contributed by atoms with Crippen molar-refractivity contribution in [2.75, 3.05) is 7.11 Å². The first kappa shape index (κ1) is 17.4. The Bertz CT molecular complexity index is 677. The molecule has 0 saturated heterocycles. The Morgan fingerprint density at radius 2 is 1.87 bits per heavy atom. The molecule has 23 heavy (non-hydrogen) atoms. The zero-order chi connectivity index (χ0) is 17.0. The average Bonchev–Trinajstić information content (AvgIpc) is 2.51. The Balaban J connectivity index is 2.22. The Morgan fingerprint density at radius 1 is 1.13 bits per heavy atom. The molecule has 0 fully saturated rings. The summed E-state index contributed by atoms with van der Waals surface area (Å²) in [4.78, 5) is 0. The monoisotopic (exact) mass is 345 g/mol. The number of methoxy groups -OCH3 is 1. The van der Waals surface area contributed by atoms with Gasteiger partial charge in [0.1, 0.15) is 12.6 Å². The van der Waals surface area contributed by atoms with Crippen molar-refractivity contribution in [1.29, 1.82) is 0 Å². The number of alkyl halides is 3. The Kier molecular flexibility index (Phi) is 5.38. The molecule has 0 aliphatic rings. The van der Waals surface area contributed by atoms with Gasteiger partial charge >= 0.3 is 6.18 Å². The molecule has 0 aromatic heterocycles. The van der Waals surface area contributed by atoms with Crippen LogP contribution < -0.4 is 15.2 Å². The van der Waals surface area contributed by atoms with Gasteiger partial charge in [-0.25, -0.2) is 0 Å². The lowest BCUT2D eigenvalue weighted by Crippen LogP contribution is -2.28. The highest BCUT2D eigenvalue weighted by atomic mass is 35.5. The van der Waals surface area contributed by atoms with Crippen LogP contribution >= 0.6 is 11.6 Å². The second-order valence-corrected chi connectivity index (χ2v) is 5.28. The predicted octanol–water partition coefficient (Wildman–Crippen LogP) is 4.49. The summed E-state index contributed by atoms with van der Waals surface area (Å²) >= 11 is 5.88. The smallest absolute Gasteiger partial charge is 0.407 e. The Hall–Kier alpha value is -1.92. The molecule has 0 aliphatic carbocycles. The molecule has 7 heteroatoms. The molecule has 1 atom stereocenters. The number of hydrogen-bond acceptors (Lipinski definition) is 3. The highest BCUT2D eigenvalue weighted by Gasteiger charge is 2.38. The number of nitrogens with two attached hydrogens (primary N) is 1. The molecule has 2 aromatic carbocycles. The third-order valence-electron chi connectivity index (χ3n) is 3.18. The lowest BCUT2D eigenvalue weighted by molar-refractivity contribution is -0.149. The molecule has 0 heterocycles. The van der Waals surface area contributed by atoms with E-state index in [1.165, 1.54) is 25.3 Å². The van der Waals surface area contributed by atoms with E-state index in [1.807, 2.05) is 0 Å². The van der Waals surface area contributed by atoms with Crippen molar-refractivity contribution in [2.45, 2.75) is 18.8 Å². The largest absolute Gasteiger partial charge is 0.493 e. The summed E-state index contributed by atoms with van der Waals surface area (Å²) in [5.41, 5.74) is 5.91. The maximum absolute atomic E-state index is 12.7. The first-order valence-corrected chi connectivity index (χ1v) is 7.06. The van der Waals surface area contributed by atoms with Crippen LogP contribution in [-0.2, 0) is 6.61 Å². The lowest BCUT2D eigenvalue weighted by atomic mass is 10.1. The van der Waals surface area contributed by atoms with E-state index in [0.29, 0.717) is 10.8 Å². The number of benzene rings is 2. The van der Waals surface area contributed by atoms with E-state index in [4.69, 9.17) is 26.8 Å². The standard InChI is InChI=1S/C16H15ClF3NO2/c1-22-13-6-5-11(15(21)16(18,19)20)8-14(13)23-9-10-3-2-4-12(17)7-10/h2-8,15H,9,21H2,1H3/t15-/m1/s1. The van der Waals surface area contributed by atoms with Gasteiger partial charge in [-0.1, -0.05) is 29.8 Å². The average molecular weight is 346 g/mol. The second-order valence-electron chi connectivity index (χ2n) is 4.85. The van der Waals surface area contributed by atoms with Crippen LogP contribution in [0.5, 0.6) is 11.5 Å². The van der Waals surface area contributed by atoms with Crippen molar-refractivity contribution in [3.8, 4) is 11.5 Å². The molecule has 0 bridgehead atoms. The SMILES string of the molecule is COc1ccc([C@@H](N)C(F)(F)F)cc1OCc1cccc(Cl)c1. The van der Waals surface area contributed by atoms with E-state index in [1.54, 1.807) is 24.3 Å². The van der Waals surface area contributed by atoms with E-state index in [9.17, 15) is 13.2 Å². The third-order valence-corrected chi connectivity index (χ3v) is 3.42. The highest BCUT2D eigenvalue weighted by Crippen LogP contribution is 2.36. The first-order chi connectivity index (χ1) is 10.8. The van der Waals surface area contributed by atoms with Gasteiger partial charge in [-0.2, -0.15) is 13.2 Å². The highest BCUT2D eigenvalue weighted by molar-refractivity contribution is 6.30. The van der Waals surface area contributed by atoms with Crippen LogP contribution in [0.25, 0.3) is 0 Å². The quantitative estimate of drug-likeness (QED) is 0.868. The molecular formula is C16H15ClF3NO2. The molecular weight excluding hydrogens is 331 g/mol. The molecule has 2 aromatic rings. The van der Waals surface area contributed by atoms with Crippen LogP contribution in [0.2, 0.25) is 5.02 Å². The predicted molar refractivity (Wildman–Crippen MR) is 81.8 cm³/mol. The Morgan fingerprint density at radius 3 is 2.48 bits per heavy atom. The minimum absolute atomic E-state index is 0.0978. The van der Waals surface area contributed by atoms with E-state index < -0.39 is 12.2 Å². The van der Waals surface area contributed by atoms with Crippen LogP contribution in [0.1, 0.15) is 17.2 Å². The summed E-state index contributed by atoms with van der Waals surface area (Å²) in [5, 5.41) is 0.547. The van der Waals surface area contributed by atoms with Crippen molar-refractivity contribution in [1.82, 2.24) is 0 Å². The lowest BCUT2D eigenvalue weighted by Gasteiger charge is -2.18. The van der Waals surface area contributed by atoms with Gasteiger partial charge in [0, 0.05) is 5.02 Å². The van der Waals surface area contributed by atoms with E-state index >= 15 is 0 Å². The number of rotatable bonds is 5. The molecule has 0 saturated carbocycles. The number of halogens is 4. The normalized spacial score (nSPS) is 12.8. The zero-order valence-corrected chi connectivity index (χ0v) is 13.0. The fourth-order valence-electron chi connectivity index (χ4n) is 1.98. The van der Waals surface area contributed by atoms with Gasteiger partial charge in [-0.15, -0.1) is 0 Å². The molecule has 0 spiro atoms. The summed E-state index contributed by atoms with van der Waals surface area (Å²) in [6.45, 7) is 0.141. The van der Waals surface area contributed by atoms with Crippen molar-refractivity contribution < 1.29 is 22.6 Å². The van der Waals surface area contributed by atoms with Gasteiger partial charge in [-0.05, 0) is 35.4 Å². The maximum Gasteiger partial charge on any atom is 0.407 e. The maximum atomic E-state index is 12.7. The van der Waals surface area contributed by atoms with Crippen LogP contribution in [-0.4, -0.2) is 13.3 Å². The molecule has 124 valence electrons. The molecule has 2 rings (SSSR count). The van der Waals surface area contributed by atoms with Crippen LogP contribution in [0.3, 0.4) is 0 Å². The van der Waals surface area contributed by atoms with E-state index in [0.717, 1.165) is 5.56 Å². The zero-order valence-electron chi connectivity index (χ0n) is 12.2. The summed E-state index contributed by atoms with van der Waals surface area (Å²) in [7, 11) is 1.41. The molecule has 0 radical (unpaired) electrons. The van der Waals surface area contributed by atoms with Crippen molar-refractivity contribution >= 4 is 11.6 Å². The topological polar surface area (TPSA) is 44.5 Å². The van der Waals surface area contributed by atoms with Crippen molar-refractivity contribution in [3.05, 3.63) is 58.6 Å². The summed E-state index contributed by atoms with van der Waals surface area (Å²) in [5.74, 6) is 0.509. The van der Waals surface area contributed by atoms with Gasteiger partial charge in [0.05, 0.1) is 7.11 Å². The molecule has 0 amide bonds. The van der Waals surface area contributed by atoms with Gasteiger partial charge in [0.25, 0.3) is 0 Å². The van der Waals surface area contributed by atoms with Crippen molar-refractivity contribution in [3.63, 3.8) is 0 Å². The third kappa shape index (κ3) is 4.53. The van der Waals surface area contributed by atoms with Gasteiger partial charge < -0.3 is 15.2 Å². The number of ether oxygens (including phenoxy) is 2. The van der Waals surface area contributed by atoms with Crippen molar-refractivity contribution in [2.24, 2.45) is 5.73 Å². The first-order valence-electron chi connectivity index (χ1n) is 6.68. The van der Waals surface area contributed by atoms with Gasteiger partial charge in [0.15, 0.2) is 11.5 Å². The summed E-state index contributed by atoms with van der Waals surface area (Å²) < 4.78 is 48.9. The van der Waals surface area contributed by atoms with Gasteiger partial charge in [-0.3, -0.25) is 0 Å². The Labute approximate surface area is 136 Å². The minimum Gasteiger partial charge on any atom is -0.493 e. The fraction of sp³-hybridized carbons (Fsp3) is 0.250. The summed E-state index contributed by atoms with van der Waals surface area (Å²) in [6, 6.07) is 8.80. The molecule has 2 N–H and O–H groups in total. The van der Waals surface area contributed by atoms with Crippen LogP contribution in [0.4, 0.5) is 13.2 Å². The summed E-state index contributed by atoms with van der Waals surface area (Å²) in [6.07, 6.45) is -4.53. The fourth-order valence-corrected chi connectivity index (χ4v) is 2.19. The molecule has 0 aliphatic heterocycles. The van der Waals surface area contributed by atoms with E-state index in [2.05, 4.69) is 0 Å². The van der Waals surface area contributed by atoms with Crippen LogP contribution in [0, 0.1) is 0 Å². The number of hydrogen-bond donors (Lipinski definition) is 1. The molecule has 0 unspecified atom stereocenters. The second kappa shape index (κ2) is 7.10. The van der Waals surface area contributed by atoms with Gasteiger partial charge in [0.2, 0.25) is 0 Å².